The molecule has 18 heavy (non-hydrogen) atoms. The average molecular weight is 293 g/mol. The number of hydrogen-bond acceptors (Lipinski definition) is 5. The van der Waals surface area contributed by atoms with Crippen LogP contribution in [0.3, 0.4) is 0 Å². The van der Waals surface area contributed by atoms with Gasteiger partial charge in [-0.3, -0.25) is 4.79 Å². The first-order chi connectivity index (χ1) is 8.36. The van der Waals surface area contributed by atoms with Gasteiger partial charge in [0.2, 0.25) is 0 Å². The molecule has 0 bridgehead atoms. The van der Waals surface area contributed by atoms with Gasteiger partial charge in [0.25, 0.3) is 10.0 Å². The van der Waals surface area contributed by atoms with Crippen LogP contribution in [0.15, 0.2) is 17.6 Å². The molecule has 0 saturated carbocycles. The standard InChI is InChI=1S/C9H15N3O4S2/c1-12-5-8(10-6-12)18(15,16)11-7(9(13)14)3-4-17-2/h5-7,11H,3-4H2,1-2H3,(H,13,14)/t7-/m1/s1. The lowest BCUT2D eigenvalue weighted by atomic mass is 10.2. The van der Waals surface area contributed by atoms with E-state index in [1.807, 2.05) is 6.26 Å². The summed E-state index contributed by atoms with van der Waals surface area (Å²) < 4.78 is 27.4. The van der Waals surface area contributed by atoms with Crippen LogP contribution < -0.4 is 4.72 Å². The van der Waals surface area contributed by atoms with Crippen LogP contribution in [0.5, 0.6) is 0 Å². The fourth-order valence-corrected chi connectivity index (χ4v) is 2.92. The first-order valence-electron chi connectivity index (χ1n) is 5.09. The van der Waals surface area contributed by atoms with Crippen LogP contribution in [-0.2, 0) is 21.9 Å². The molecule has 0 aliphatic heterocycles. The molecule has 0 aliphatic rings. The third-order valence-corrected chi connectivity index (χ3v) is 4.16. The van der Waals surface area contributed by atoms with E-state index in [0.717, 1.165) is 0 Å². The van der Waals surface area contributed by atoms with Crippen molar-refractivity contribution in [3.05, 3.63) is 12.5 Å². The number of aromatic nitrogens is 2. The van der Waals surface area contributed by atoms with Crippen molar-refractivity contribution in [3.8, 4) is 0 Å². The second kappa shape index (κ2) is 6.21. The number of sulfonamides is 1. The Hall–Kier alpha value is -1.06. The van der Waals surface area contributed by atoms with Crippen molar-refractivity contribution in [1.29, 1.82) is 0 Å². The third kappa shape index (κ3) is 4.00. The maximum atomic E-state index is 11.9. The zero-order valence-electron chi connectivity index (χ0n) is 10.0. The van der Waals surface area contributed by atoms with Crippen LogP contribution in [0, 0.1) is 0 Å². The number of nitrogens with zero attached hydrogens (tertiary/aromatic N) is 2. The first-order valence-corrected chi connectivity index (χ1v) is 7.96. The molecule has 1 aromatic rings. The highest BCUT2D eigenvalue weighted by molar-refractivity contribution is 7.98. The molecule has 1 aromatic heterocycles. The molecular weight excluding hydrogens is 278 g/mol. The highest BCUT2D eigenvalue weighted by atomic mass is 32.2. The predicted molar refractivity (Wildman–Crippen MR) is 68.0 cm³/mol. The van der Waals surface area contributed by atoms with Crippen LogP contribution >= 0.6 is 11.8 Å². The lowest BCUT2D eigenvalue weighted by Crippen LogP contribution is -2.41. The van der Waals surface area contributed by atoms with E-state index < -0.39 is 22.0 Å². The van der Waals surface area contributed by atoms with Gasteiger partial charge in [0.05, 0.1) is 6.33 Å². The van der Waals surface area contributed by atoms with Crippen LogP contribution in [0.4, 0.5) is 0 Å². The molecule has 0 radical (unpaired) electrons. The average Bonchev–Trinajstić information content (AvgIpc) is 2.71. The van der Waals surface area contributed by atoms with Crippen LogP contribution in [0.1, 0.15) is 6.42 Å². The van der Waals surface area contributed by atoms with Gasteiger partial charge in [-0.2, -0.15) is 16.5 Å². The van der Waals surface area contributed by atoms with Gasteiger partial charge >= 0.3 is 5.97 Å². The molecule has 2 N–H and O–H groups in total. The minimum absolute atomic E-state index is 0.180. The summed E-state index contributed by atoms with van der Waals surface area (Å²) in [5.74, 6) is -0.634. The van der Waals surface area contributed by atoms with E-state index in [4.69, 9.17) is 5.11 Å². The number of hydrogen-bond donors (Lipinski definition) is 2. The fourth-order valence-electron chi connectivity index (χ4n) is 1.24. The van der Waals surface area contributed by atoms with Crippen molar-refractivity contribution in [1.82, 2.24) is 14.3 Å². The molecular formula is C9H15N3O4S2. The summed E-state index contributed by atoms with van der Waals surface area (Å²) in [6.07, 6.45) is 4.71. The molecule has 9 heteroatoms. The smallest absolute Gasteiger partial charge is 0.321 e. The largest absolute Gasteiger partial charge is 0.480 e. The Morgan fingerprint density at radius 1 is 1.67 bits per heavy atom. The quantitative estimate of drug-likeness (QED) is 0.728. The summed E-state index contributed by atoms with van der Waals surface area (Å²) >= 11 is 1.46. The van der Waals surface area contributed by atoms with E-state index in [-0.39, 0.29) is 11.4 Å². The van der Waals surface area contributed by atoms with Gasteiger partial charge < -0.3 is 9.67 Å². The molecule has 1 rings (SSSR count). The number of aryl methyl sites for hydroxylation is 1. The number of carboxylic acids is 1. The molecule has 102 valence electrons. The lowest BCUT2D eigenvalue weighted by molar-refractivity contribution is -0.139. The number of aliphatic carboxylic acids is 1. The molecule has 0 aromatic carbocycles. The Morgan fingerprint density at radius 3 is 2.78 bits per heavy atom. The minimum Gasteiger partial charge on any atom is -0.480 e. The number of rotatable bonds is 7. The number of carboxylic acid groups (broad SMARTS) is 1. The molecule has 0 aliphatic carbocycles. The fraction of sp³-hybridized carbons (Fsp3) is 0.556. The van der Waals surface area contributed by atoms with E-state index in [2.05, 4.69) is 9.71 Å². The SMILES string of the molecule is CSCC[C@@H](NS(=O)(=O)c1cn(C)cn1)C(=O)O. The predicted octanol–water partition coefficient (Wildman–Crippen LogP) is -0.0953. The van der Waals surface area contributed by atoms with Crippen molar-refractivity contribution in [2.24, 2.45) is 7.05 Å². The Balaban J connectivity index is 2.82. The molecule has 7 nitrogen and oxygen atoms in total. The summed E-state index contributed by atoms with van der Waals surface area (Å²) in [6, 6.07) is -1.13. The Labute approximate surface area is 110 Å². The van der Waals surface area contributed by atoms with Gasteiger partial charge in [-0.1, -0.05) is 0 Å². The molecule has 0 fully saturated rings. The number of nitrogens with one attached hydrogen (secondary N) is 1. The van der Waals surface area contributed by atoms with Crippen LogP contribution in [0.2, 0.25) is 0 Å². The summed E-state index contributed by atoms with van der Waals surface area (Å²) in [6.45, 7) is 0. The summed E-state index contributed by atoms with van der Waals surface area (Å²) in [5, 5.41) is 8.77. The topological polar surface area (TPSA) is 101 Å². The number of imidazole rings is 1. The number of thioether (sulfide) groups is 1. The molecule has 0 saturated heterocycles. The molecule has 0 spiro atoms. The number of carbonyl (C=O) groups is 1. The molecule has 0 unspecified atom stereocenters. The monoisotopic (exact) mass is 293 g/mol. The summed E-state index contributed by atoms with van der Waals surface area (Å²) in [5.41, 5.74) is 0. The van der Waals surface area contributed by atoms with Crippen molar-refractivity contribution in [2.45, 2.75) is 17.5 Å². The van der Waals surface area contributed by atoms with E-state index in [1.54, 1.807) is 7.05 Å². The van der Waals surface area contributed by atoms with Crippen LogP contribution in [-0.4, -0.2) is 47.1 Å². The molecule has 1 atom stereocenters. The van der Waals surface area contributed by atoms with Crippen molar-refractivity contribution in [2.75, 3.05) is 12.0 Å². The third-order valence-electron chi connectivity index (χ3n) is 2.16. The lowest BCUT2D eigenvalue weighted by Gasteiger charge is -2.12. The van der Waals surface area contributed by atoms with Gasteiger partial charge in [0.1, 0.15) is 6.04 Å². The maximum absolute atomic E-state index is 11.9. The van der Waals surface area contributed by atoms with Gasteiger partial charge in [-0.15, -0.1) is 0 Å². The first kappa shape index (κ1) is 15.0. The van der Waals surface area contributed by atoms with E-state index >= 15 is 0 Å². The maximum Gasteiger partial charge on any atom is 0.321 e. The van der Waals surface area contributed by atoms with Crippen molar-refractivity contribution in [3.63, 3.8) is 0 Å². The second-order valence-corrected chi connectivity index (χ2v) is 6.32. The zero-order valence-corrected chi connectivity index (χ0v) is 11.7. The summed E-state index contributed by atoms with van der Waals surface area (Å²) in [4.78, 5) is 14.7. The van der Waals surface area contributed by atoms with Gasteiger partial charge in [0, 0.05) is 13.2 Å². The van der Waals surface area contributed by atoms with Gasteiger partial charge in [-0.25, -0.2) is 13.4 Å². The van der Waals surface area contributed by atoms with E-state index in [0.29, 0.717) is 5.75 Å². The van der Waals surface area contributed by atoms with E-state index in [1.165, 1.54) is 28.9 Å². The Kier molecular flexibility index (Phi) is 5.17. The Morgan fingerprint density at radius 2 is 2.33 bits per heavy atom. The van der Waals surface area contributed by atoms with Crippen LogP contribution in [0.25, 0.3) is 0 Å². The van der Waals surface area contributed by atoms with Gasteiger partial charge in [-0.05, 0) is 18.4 Å². The molecule has 0 amide bonds. The van der Waals surface area contributed by atoms with Gasteiger partial charge in [0.15, 0.2) is 5.03 Å². The normalized spacial score (nSPS) is 13.4. The van der Waals surface area contributed by atoms with Crippen molar-refractivity contribution >= 4 is 27.8 Å². The second-order valence-electron chi connectivity index (χ2n) is 3.67. The summed E-state index contributed by atoms with van der Waals surface area (Å²) in [7, 11) is -2.25. The minimum atomic E-state index is -3.89. The molecule has 1 heterocycles. The zero-order chi connectivity index (χ0) is 13.8. The highest BCUT2D eigenvalue weighted by Gasteiger charge is 2.26. The van der Waals surface area contributed by atoms with E-state index in [9.17, 15) is 13.2 Å². The Bertz CT molecular complexity index is 512. The highest BCUT2D eigenvalue weighted by Crippen LogP contribution is 2.08. The van der Waals surface area contributed by atoms with Crippen molar-refractivity contribution < 1.29 is 18.3 Å².